The van der Waals surface area contributed by atoms with E-state index in [1.54, 1.807) is 12.1 Å². The summed E-state index contributed by atoms with van der Waals surface area (Å²) in [5.41, 5.74) is 0.385. The fourth-order valence-electron chi connectivity index (χ4n) is 1.94. The Morgan fingerprint density at radius 3 is 2.62 bits per heavy atom. The second-order valence-corrected chi connectivity index (χ2v) is 7.60. The molecule has 8 nitrogen and oxygen atoms in total. The van der Waals surface area contributed by atoms with Gasteiger partial charge in [0.1, 0.15) is 12.3 Å². The Morgan fingerprint density at radius 1 is 1.31 bits per heavy atom. The molecule has 1 aromatic carbocycles. The number of methoxy groups -OCH3 is 1. The number of esters is 1. The third-order valence-electron chi connectivity index (χ3n) is 3.05. The highest BCUT2D eigenvalue weighted by Gasteiger charge is 2.36. The Bertz CT molecular complexity index is 824. The second kappa shape index (κ2) is 8.69. The molecule has 0 bridgehead atoms. The minimum Gasteiger partial charge on any atom is -0.480 e. The van der Waals surface area contributed by atoms with Crippen LogP contribution in [0.5, 0.6) is 5.75 Å². The minimum atomic E-state index is -1.16. The molecule has 2 rings (SSSR count). The lowest BCUT2D eigenvalue weighted by Gasteiger charge is -2.11. The van der Waals surface area contributed by atoms with E-state index in [-0.39, 0.29) is 10.7 Å². The first-order chi connectivity index (χ1) is 12.2. The number of nitrogens with zero attached hydrogens (tertiary/aromatic N) is 1. The van der Waals surface area contributed by atoms with E-state index >= 15 is 0 Å². The number of halogens is 2. The molecule has 0 saturated carbocycles. The number of ether oxygens (including phenoxy) is 2. The summed E-state index contributed by atoms with van der Waals surface area (Å²) in [7, 11) is 1.16. The average molecular weight is 509 g/mol. The maximum atomic E-state index is 12.4. The lowest BCUT2D eigenvalue weighted by molar-refractivity contribution is -0.143. The van der Waals surface area contributed by atoms with Crippen LogP contribution in [0, 0.1) is 0 Å². The Labute approximate surface area is 168 Å². The number of thioether (sulfide) groups is 1. The SMILES string of the molecule is COC(=O)CN1C(=O)S/C(=C\c2cc(Br)cc(Br)c2OCC(=O)O)C1=O. The van der Waals surface area contributed by atoms with Crippen molar-refractivity contribution in [2.75, 3.05) is 20.3 Å². The van der Waals surface area contributed by atoms with Gasteiger partial charge in [-0.05, 0) is 45.9 Å². The van der Waals surface area contributed by atoms with Gasteiger partial charge in [0, 0.05) is 10.0 Å². The highest BCUT2D eigenvalue weighted by atomic mass is 79.9. The van der Waals surface area contributed by atoms with Gasteiger partial charge in [0.05, 0.1) is 16.5 Å². The van der Waals surface area contributed by atoms with Gasteiger partial charge in [0.15, 0.2) is 6.61 Å². The number of benzene rings is 1. The summed E-state index contributed by atoms with van der Waals surface area (Å²) in [6.45, 7) is -1.06. The monoisotopic (exact) mass is 507 g/mol. The zero-order chi connectivity index (χ0) is 19.4. The summed E-state index contributed by atoms with van der Waals surface area (Å²) in [6, 6.07) is 3.26. The van der Waals surface area contributed by atoms with Crippen LogP contribution in [0.15, 0.2) is 26.0 Å². The molecule has 0 atom stereocenters. The maximum Gasteiger partial charge on any atom is 0.341 e. The lowest BCUT2D eigenvalue weighted by atomic mass is 10.2. The molecule has 1 aliphatic rings. The number of aliphatic carboxylic acids is 1. The van der Waals surface area contributed by atoms with Gasteiger partial charge in [-0.15, -0.1) is 0 Å². The van der Waals surface area contributed by atoms with Crippen molar-refractivity contribution < 1.29 is 33.8 Å². The van der Waals surface area contributed by atoms with Gasteiger partial charge >= 0.3 is 11.9 Å². The number of carbonyl (C=O) groups is 4. The summed E-state index contributed by atoms with van der Waals surface area (Å²) in [6.07, 6.45) is 1.40. The van der Waals surface area contributed by atoms with Gasteiger partial charge in [-0.2, -0.15) is 0 Å². The number of imide groups is 1. The lowest BCUT2D eigenvalue weighted by Crippen LogP contribution is -2.34. The number of amides is 2. The Hall–Kier alpha value is -1.85. The van der Waals surface area contributed by atoms with E-state index in [0.29, 0.717) is 26.3 Å². The van der Waals surface area contributed by atoms with Crippen molar-refractivity contribution in [1.82, 2.24) is 4.90 Å². The van der Waals surface area contributed by atoms with Gasteiger partial charge in [0.2, 0.25) is 0 Å². The van der Waals surface area contributed by atoms with Crippen molar-refractivity contribution in [3.63, 3.8) is 0 Å². The van der Waals surface area contributed by atoms with Crippen LogP contribution in [0.25, 0.3) is 6.08 Å². The molecule has 1 fully saturated rings. The first-order valence-electron chi connectivity index (χ1n) is 6.88. The van der Waals surface area contributed by atoms with Gasteiger partial charge in [-0.1, -0.05) is 15.9 Å². The molecule has 1 saturated heterocycles. The molecular formula is C15H11Br2NO7S. The number of carboxylic acid groups (broad SMARTS) is 1. The van der Waals surface area contributed by atoms with Crippen molar-refractivity contribution in [1.29, 1.82) is 0 Å². The minimum absolute atomic E-state index is 0.0732. The van der Waals surface area contributed by atoms with Crippen LogP contribution in [0.3, 0.4) is 0 Å². The zero-order valence-electron chi connectivity index (χ0n) is 13.2. The third kappa shape index (κ3) is 4.86. The Morgan fingerprint density at radius 2 is 2.00 bits per heavy atom. The molecule has 2 amide bonds. The van der Waals surface area contributed by atoms with Crippen molar-refractivity contribution in [2.45, 2.75) is 0 Å². The van der Waals surface area contributed by atoms with E-state index < -0.39 is 36.2 Å². The number of rotatable bonds is 6. The summed E-state index contributed by atoms with van der Waals surface area (Å²) in [5, 5.41) is 8.19. The number of hydrogen-bond acceptors (Lipinski definition) is 7. The summed E-state index contributed by atoms with van der Waals surface area (Å²) in [4.78, 5) is 47.3. The molecule has 0 unspecified atom stereocenters. The van der Waals surface area contributed by atoms with Gasteiger partial charge in [-0.3, -0.25) is 19.3 Å². The van der Waals surface area contributed by atoms with Crippen LogP contribution in [0.4, 0.5) is 4.79 Å². The van der Waals surface area contributed by atoms with Crippen LogP contribution in [-0.4, -0.2) is 53.4 Å². The predicted octanol–water partition coefficient (Wildman–Crippen LogP) is 2.88. The summed E-state index contributed by atoms with van der Waals surface area (Å²) in [5.74, 6) is -2.32. The number of carbonyl (C=O) groups excluding carboxylic acids is 3. The van der Waals surface area contributed by atoms with E-state index in [4.69, 9.17) is 9.84 Å². The first kappa shape index (κ1) is 20.5. The van der Waals surface area contributed by atoms with Gasteiger partial charge < -0.3 is 14.6 Å². The zero-order valence-corrected chi connectivity index (χ0v) is 17.1. The summed E-state index contributed by atoms with van der Waals surface area (Å²) >= 11 is 7.23. The second-order valence-electron chi connectivity index (χ2n) is 4.83. The fraction of sp³-hybridized carbons (Fsp3) is 0.200. The molecule has 0 aromatic heterocycles. The van der Waals surface area contributed by atoms with Crippen LogP contribution in [-0.2, 0) is 19.1 Å². The Kier molecular flexibility index (Phi) is 6.84. The van der Waals surface area contributed by atoms with Crippen molar-refractivity contribution in [3.8, 4) is 5.75 Å². The van der Waals surface area contributed by atoms with Gasteiger partial charge in [-0.25, -0.2) is 4.79 Å². The van der Waals surface area contributed by atoms with Crippen LogP contribution >= 0.6 is 43.6 Å². The molecule has 1 N–H and O–H groups in total. The van der Waals surface area contributed by atoms with Crippen LogP contribution in [0.1, 0.15) is 5.56 Å². The fourth-order valence-corrected chi connectivity index (χ4v) is 4.15. The van der Waals surface area contributed by atoms with Crippen molar-refractivity contribution >= 4 is 72.8 Å². The first-order valence-corrected chi connectivity index (χ1v) is 9.29. The predicted molar refractivity (Wildman–Crippen MR) is 99.7 cm³/mol. The van der Waals surface area contributed by atoms with Gasteiger partial charge in [0.25, 0.3) is 11.1 Å². The third-order valence-corrected chi connectivity index (χ3v) is 5.01. The van der Waals surface area contributed by atoms with Crippen LogP contribution in [0.2, 0.25) is 0 Å². The normalized spacial score (nSPS) is 15.5. The van der Waals surface area contributed by atoms with E-state index in [9.17, 15) is 19.2 Å². The molecule has 1 aromatic rings. The maximum absolute atomic E-state index is 12.4. The quantitative estimate of drug-likeness (QED) is 0.461. The average Bonchev–Trinajstić information content (AvgIpc) is 2.81. The topological polar surface area (TPSA) is 110 Å². The Balaban J connectivity index is 2.36. The highest BCUT2D eigenvalue weighted by molar-refractivity contribution is 9.11. The largest absolute Gasteiger partial charge is 0.480 e. The number of carboxylic acids is 1. The van der Waals surface area contributed by atoms with Crippen LogP contribution < -0.4 is 4.74 Å². The molecule has 0 radical (unpaired) electrons. The van der Waals surface area contributed by atoms with E-state index in [1.807, 2.05) is 0 Å². The van der Waals surface area contributed by atoms with E-state index in [0.717, 1.165) is 12.0 Å². The standard InChI is InChI=1S/C15H11Br2NO7S/c1-24-12(21)5-18-14(22)10(26-15(18)23)3-7-2-8(16)4-9(17)13(7)25-6-11(19)20/h2-4H,5-6H2,1H3,(H,19,20)/b10-3-. The molecule has 138 valence electrons. The molecule has 26 heavy (non-hydrogen) atoms. The van der Waals surface area contributed by atoms with Crippen molar-refractivity contribution in [3.05, 3.63) is 31.5 Å². The van der Waals surface area contributed by atoms with Crippen molar-refractivity contribution in [2.24, 2.45) is 0 Å². The molecule has 1 heterocycles. The summed E-state index contributed by atoms with van der Waals surface area (Å²) < 4.78 is 10.8. The van der Waals surface area contributed by atoms with E-state index in [1.165, 1.54) is 6.08 Å². The number of hydrogen-bond donors (Lipinski definition) is 1. The highest BCUT2D eigenvalue weighted by Crippen LogP contribution is 2.38. The molecule has 0 aliphatic carbocycles. The molecule has 11 heteroatoms. The molecule has 1 aliphatic heterocycles. The smallest absolute Gasteiger partial charge is 0.341 e. The van der Waals surface area contributed by atoms with E-state index in [2.05, 4.69) is 36.6 Å². The molecular weight excluding hydrogens is 498 g/mol. The molecule has 0 spiro atoms.